The Kier molecular flexibility index (Phi) is 4.52. The van der Waals surface area contributed by atoms with Gasteiger partial charge in [0.1, 0.15) is 5.75 Å². The van der Waals surface area contributed by atoms with Gasteiger partial charge in [-0.05, 0) is 36.4 Å². The molecule has 2 amide bonds. The average Bonchev–Trinajstić information content (AvgIpc) is 2.93. The molecule has 2 N–H and O–H groups in total. The fourth-order valence-corrected chi connectivity index (χ4v) is 4.44. The second-order valence-corrected chi connectivity index (χ2v) is 7.83. The van der Waals surface area contributed by atoms with Crippen LogP contribution < -0.4 is 15.4 Å². The van der Waals surface area contributed by atoms with Crippen molar-refractivity contribution in [1.82, 2.24) is 4.98 Å². The van der Waals surface area contributed by atoms with Crippen LogP contribution in [-0.2, 0) is 4.79 Å². The van der Waals surface area contributed by atoms with Crippen molar-refractivity contribution in [2.45, 2.75) is 11.3 Å². The van der Waals surface area contributed by atoms with E-state index in [1.54, 1.807) is 31.0 Å². The fraction of sp³-hybridized carbons (Fsp3) is 0.167. The van der Waals surface area contributed by atoms with E-state index in [9.17, 15) is 9.59 Å². The van der Waals surface area contributed by atoms with Crippen molar-refractivity contribution in [2.75, 3.05) is 23.5 Å². The maximum absolute atomic E-state index is 12.6. The summed E-state index contributed by atoms with van der Waals surface area (Å²) in [5.74, 6) is 1.19. The molecule has 0 unspecified atom stereocenters. The van der Waals surface area contributed by atoms with Gasteiger partial charge in [-0.1, -0.05) is 11.3 Å². The molecule has 8 heteroatoms. The minimum atomic E-state index is -0.262. The molecule has 1 aliphatic rings. The molecule has 0 saturated heterocycles. The maximum atomic E-state index is 12.6. The summed E-state index contributed by atoms with van der Waals surface area (Å²) >= 11 is 2.99. The van der Waals surface area contributed by atoms with E-state index in [1.807, 2.05) is 24.3 Å². The lowest BCUT2D eigenvalue weighted by molar-refractivity contribution is -0.115. The smallest absolute Gasteiger partial charge is 0.257 e. The number of methoxy groups -OCH3 is 1. The highest BCUT2D eigenvalue weighted by atomic mass is 32.2. The van der Waals surface area contributed by atoms with Crippen molar-refractivity contribution >= 4 is 55.9 Å². The predicted octanol–water partition coefficient (Wildman–Crippen LogP) is 3.99. The number of nitrogens with zero attached hydrogens (tertiary/aromatic N) is 1. The molecule has 0 fully saturated rings. The van der Waals surface area contributed by atoms with Crippen molar-refractivity contribution in [3.8, 4) is 5.75 Å². The van der Waals surface area contributed by atoms with Crippen LogP contribution in [0.15, 0.2) is 41.3 Å². The van der Waals surface area contributed by atoms with Gasteiger partial charge >= 0.3 is 0 Å². The van der Waals surface area contributed by atoms with Crippen LogP contribution in [0.2, 0.25) is 0 Å². The lowest BCUT2D eigenvalue weighted by Crippen LogP contribution is -2.14. The lowest BCUT2D eigenvalue weighted by atomic mass is 10.2. The highest BCUT2D eigenvalue weighted by Gasteiger charge is 2.16. The summed E-state index contributed by atoms with van der Waals surface area (Å²) < 4.78 is 6.14. The molecular formula is C18H15N3O3S2. The number of rotatable bonds is 3. The summed E-state index contributed by atoms with van der Waals surface area (Å²) in [4.78, 5) is 29.7. The van der Waals surface area contributed by atoms with Crippen LogP contribution >= 0.6 is 23.1 Å². The summed E-state index contributed by atoms with van der Waals surface area (Å²) in [6.07, 6.45) is 0.468. The van der Waals surface area contributed by atoms with Crippen LogP contribution in [0.4, 0.5) is 10.8 Å². The molecule has 1 aliphatic heterocycles. The number of hydrogen-bond acceptors (Lipinski definition) is 6. The summed E-state index contributed by atoms with van der Waals surface area (Å²) in [5.41, 5.74) is 1.96. The van der Waals surface area contributed by atoms with Crippen LogP contribution in [-0.4, -0.2) is 29.7 Å². The molecule has 6 nitrogen and oxygen atoms in total. The number of thiazole rings is 1. The first-order valence-corrected chi connectivity index (χ1v) is 9.75. The molecule has 26 heavy (non-hydrogen) atoms. The largest absolute Gasteiger partial charge is 0.497 e. The third kappa shape index (κ3) is 3.38. The van der Waals surface area contributed by atoms with Crippen LogP contribution in [0.25, 0.3) is 10.2 Å². The first-order chi connectivity index (χ1) is 12.6. The van der Waals surface area contributed by atoms with Crippen molar-refractivity contribution in [2.24, 2.45) is 0 Å². The maximum Gasteiger partial charge on any atom is 0.257 e. The first kappa shape index (κ1) is 16.9. The molecule has 0 spiro atoms. The molecule has 0 radical (unpaired) electrons. The topological polar surface area (TPSA) is 80.3 Å². The second-order valence-electron chi connectivity index (χ2n) is 5.66. The number of carbonyl (C=O) groups is 2. The van der Waals surface area contributed by atoms with Gasteiger partial charge in [0.15, 0.2) is 5.13 Å². The summed E-state index contributed by atoms with van der Waals surface area (Å²) in [6.45, 7) is 0. The Morgan fingerprint density at radius 3 is 3.00 bits per heavy atom. The number of carbonyl (C=O) groups excluding carboxylic acids is 2. The summed E-state index contributed by atoms with van der Waals surface area (Å²) in [5, 5.41) is 6.20. The minimum absolute atomic E-state index is 0.0334. The predicted molar refractivity (Wildman–Crippen MR) is 105 cm³/mol. The Bertz CT molecular complexity index is 1020. The Labute approximate surface area is 158 Å². The van der Waals surface area contributed by atoms with E-state index in [-0.39, 0.29) is 11.8 Å². The second kappa shape index (κ2) is 6.97. The molecule has 132 valence electrons. The zero-order valence-corrected chi connectivity index (χ0v) is 15.5. The third-order valence-corrected chi connectivity index (χ3v) is 5.93. The van der Waals surface area contributed by atoms with Gasteiger partial charge in [0.2, 0.25) is 5.91 Å². The number of nitrogens with one attached hydrogen (secondary N) is 2. The number of fused-ring (bicyclic) bond motifs is 2. The number of ether oxygens (including phenoxy) is 1. The number of amides is 2. The van der Waals surface area contributed by atoms with E-state index in [0.29, 0.717) is 22.8 Å². The normalized spacial score (nSPS) is 13.7. The van der Waals surface area contributed by atoms with Gasteiger partial charge in [0.05, 0.1) is 23.0 Å². The van der Waals surface area contributed by atoms with E-state index in [4.69, 9.17) is 4.74 Å². The zero-order valence-electron chi connectivity index (χ0n) is 13.9. The van der Waals surface area contributed by atoms with Gasteiger partial charge in [0, 0.05) is 22.6 Å². The number of thioether (sulfide) groups is 1. The molecule has 0 atom stereocenters. The molecule has 0 aliphatic carbocycles. The zero-order chi connectivity index (χ0) is 18.1. The van der Waals surface area contributed by atoms with Crippen molar-refractivity contribution < 1.29 is 14.3 Å². The minimum Gasteiger partial charge on any atom is -0.497 e. The van der Waals surface area contributed by atoms with Crippen LogP contribution in [0.1, 0.15) is 16.8 Å². The van der Waals surface area contributed by atoms with E-state index in [2.05, 4.69) is 15.6 Å². The average molecular weight is 385 g/mol. The van der Waals surface area contributed by atoms with E-state index >= 15 is 0 Å². The van der Waals surface area contributed by atoms with Crippen molar-refractivity contribution in [3.05, 3.63) is 42.0 Å². The summed E-state index contributed by atoms with van der Waals surface area (Å²) in [7, 11) is 1.61. The lowest BCUT2D eigenvalue weighted by Gasteiger charge is -2.08. The van der Waals surface area contributed by atoms with Crippen LogP contribution in [0.5, 0.6) is 5.75 Å². The van der Waals surface area contributed by atoms with Crippen LogP contribution in [0.3, 0.4) is 0 Å². The number of aromatic nitrogens is 1. The summed E-state index contributed by atoms with van der Waals surface area (Å²) in [6, 6.07) is 10.9. The van der Waals surface area contributed by atoms with Gasteiger partial charge in [0.25, 0.3) is 5.91 Å². The molecule has 4 rings (SSSR count). The van der Waals surface area contributed by atoms with Crippen molar-refractivity contribution in [3.63, 3.8) is 0 Å². The van der Waals surface area contributed by atoms with Gasteiger partial charge in [-0.2, -0.15) is 0 Å². The van der Waals surface area contributed by atoms with E-state index in [0.717, 1.165) is 26.6 Å². The fourth-order valence-electron chi connectivity index (χ4n) is 2.62. The Morgan fingerprint density at radius 1 is 1.27 bits per heavy atom. The van der Waals surface area contributed by atoms with Crippen LogP contribution in [0, 0.1) is 0 Å². The third-order valence-electron chi connectivity index (χ3n) is 3.92. The molecular weight excluding hydrogens is 370 g/mol. The Balaban J connectivity index is 1.57. The van der Waals surface area contributed by atoms with Gasteiger partial charge in [-0.25, -0.2) is 4.98 Å². The SMILES string of the molecule is COc1ccc2nc(NC(=O)c3ccc4c(c3)NC(=O)CCS4)sc2c1. The van der Waals surface area contributed by atoms with E-state index in [1.165, 1.54) is 11.3 Å². The molecule has 2 aromatic carbocycles. The number of hydrogen-bond donors (Lipinski definition) is 2. The Hall–Kier alpha value is -2.58. The number of anilines is 2. The van der Waals surface area contributed by atoms with E-state index < -0.39 is 0 Å². The number of benzene rings is 2. The quantitative estimate of drug-likeness (QED) is 0.712. The van der Waals surface area contributed by atoms with Gasteiger partial charge in [-0.3, -0.25) is 14.9 Å². The molecule has 2 heterocycles. The van der Waals surface area contributed by atoms with Gasteiger partial charge in [-0.15, -0.1) is 11.8 Å². The highest BCUT2D eigenvalue weighted by Crippen LogP contribution is 2.32. The monoisotopic (exact) mass is 385 g/mol. The Morgan fingerprint density at radius 2 is 2.15 bits per heavy atom. The molecule has 3 aromatic rings. The first-order valence-electron chi connectivity index (χ1n) is 7.95. The molecule has 0 bridgehead atoms. The molecule has 0 saturated carbocycles. The van der Waals surface area contributed by atoms with Crippen molar-refractivity contribution in [1.29, 1.82) is 0 Å². The highest BCUT2D eigenvalue weighted by molar-refractivity contribution is 7.99. The standard InChI is InChI=1S/C18H15N3O3S2/c1-24-11-3-4-12-15(9-11)26-18(20-12)21-17(23)10-2-5-14-13(8-10)19-16(22)6-7-25-14/h2-5,8-9H,6-7H2,1H3,(H,19,22)(H,20,21,23). The molecule has 1 aromatic heterocycles. The van der Waals surface area contributed by atoms with Gasteiger partial charge < -0.3 is 10.1 Å².